The van der Waals surface area contributed by atoms with E-state index in [2.05, 4.69) is 95.0 Å². The second-order valence-electron chi connectivity index (χ2n) is 7.85. The molecule has 131 valence electrons. The van der Waals surface area contributed by atoms with Crippen molar-refractivity contribution in [2.45, 2.75) is 19.8 Å². The molecular formula is C26H23Zr. The first-order valence-electron chi connectivity index (χ1n) is 9.68. The summed E-state index contributed by atoms with van der Waals surface area (Å²) in [6.07, 6.45) is 0. The van der Waals surface area contributed by atoms with Crippen LogP contribution in [0.1, 0.15) is 27.2 Å². The fourth-order valence-corrected chi connectivity index (χ4v) is 9.57. The van der Waals surface area contributed by atoms with E-state index in [4.69, 9.17) is 0 Å². The van der Waals surface area contributed by atoms with Crippen molar-refractivity contribution in [3.63, 3.8) is 0 Å². The summed E-state index contributed by atoms with van der Waals surface area (Å²) >= 11 is -1.45. The molecule has 0 aromatic heterocycles. The van der Waals surface area contributed by atoms with Gasteiger partial charge in [0, 0.05) is 0 Å². The molecule has 1 heteroatoms. The van der Waals surface area contributed by atoms with Crippen LogP contribution in [0.2, 0.25) is 9.26 Å². The fraction of sp³-hybridized carbons (Fsp3) is 0.154. The van der Waals surface area contributed by atoms with E-state index in [1.807, 2.05) is 0 Å². The van der Waals surface area contributed by atoms with Gasteiger partial charge in [-0.3, -0.25) is 0 Å². The van der Waals surface area contributed by atoms with Gasteiger partial charge in [0.05, 0.1) is 0 Å². The summed E-state index contributed by atoms with van der Waals surface area (Å²) in [5.41, 5.74) is 7.51. The molecule has 0 nitrogen and oxygen atoms in total. The number of allylic oxidation sites excluding steroid dienone is 1. The molecule has 27 heavy (non-hydrogen) atoms. The molecule has 0 bridgehead atoms. The molecule has 1 atom stereocenters. The molecule has 1 aliphatic carbocycles. The van der Waals surface area contributed by atoms with Gasteiger partial charge in [-0.05, 0) is 0 Å². The number of rotatable bonds is 2. The van der Waals surface area contributed by atoms with Gasteiger partial charge in [0.25, 0.3) is 0 Å². The van der Waals surface area contributed by atoms with Crippen molar-refractivity contribution in [2.24, 2.45) is 0 Å². The van der Waals surface area contributed by atoms with E-state index < -0.39 is 21.8 Å². The molecule has 0 aliphatic heterocycles. The van der Waals surface area contributed by atoms with Gasteiger partial charge in [0.1, 0.15) is 0 Å². The molecule has 1 unspecified atom stereocenters. The average Bonchev–Trinajstić information content (AvgIpc) is 2.99. The van der Waals surface area contributed by atoms with Crippen molar-refractivity contribution in [1.29, 1.82) is 0 Å². The Bertz CT molecular complexity index is 1210. The van der Waals surface area contributed by atoms with Gasteiger partial charge in [-0.2, -0.15) is 0 Å². The SMILES string of the molecule is CC1=C(c2cccc3ccc4ccccc4c23)c2ccccc2[CH]1[Zr]([CH3])[CH3]. The zero-order valence-electron chi connectivity index (χ0n) is 16.1. The van der Waals surface area contributed by atoms with Crippen LogP contribution in [0.25, 0.3) is 27.1 Å². The van der Waals surface area contributed by atoms with Gasteiger partial charge in [-0.1, -0.05) is 0 Å². The monoisotopic (exact) mass is 425 g/mol. The third-order valence-electron chi connectivity index (χ3n) is 5.98. The zero-order valence-corrected chi connectivity index (χ0v) is 18.5. The third-order valence-corrected chi connectivity index (χ3v) is 10.7. The average molecular weight is 427 g/mol. The molecule has 0 N–H and O–H groups in total. The molecule has 4 aromatic rings. The van der Waals surface area contributed by atoms with Crippen LogP contribution in [0, 0.1) is 0 Å². The third kappa shape index (κ3) is 2.59. The van der Waals surface area contributed by atoms with Crippen molar-refractivity contribution in [2.75, 3.05) is 0 Å². The molecule has 0 amide bonds. The molecule has 0 heterocycles. The molecule has 5 rings (SSSR count). The maximum atomic E-state index is 2.54. The Balaban J connectivity index is 1.90. The zero-order chi connectivity index (χ0) is 18.5. The van der Waals surface area contributed by atoms with E-state index in [-0.39, 0.29) is 0 Å². The molecule has 4 aromatic carbocycles. The van der Waals surface area contributed by atoms with Crippen molar-refractivity contribution >= 4 is 27.1 Å². The molecular weight excluding hydrogens is 404 g/mol. The Morgan fingerprint density at radius 1 is 0.667 bits per heavy atom. The Morgan fingerprint density at radius 3 is 2.19 bits per heavy atom. The second-order valence-corrected chi connectivity index (χ2v) is 14.6. The normalized spacial score (nSPS) is 16.2. The van der Waals surface area contributed by atoms with Gasteiger partial charge in [0.2, 0.25) is 0 Å². The Morgan fingerprint density at radius 2 is 1.33 bits per heavy atom. The summed E-state index contributed by atoms with van der Waals surface area (Å²) < 4.78 is 5.77. The minimum atomic E-state index is -1.45. The van der Waals surface area contributed by atoms with E-state index in [1.165, 1.54) is 38.2 Å². The van der Waals surface area contributed by atoms with Crippen molar-refractivity contribution in [3.8, 4) is 0 Å². The van der Waals surface area contributed by atoms with Crippen LogP contribution < -0.4 is 0 Å². The van der Waals surface area contributed by atoms with Crippen LogP contribution in [-0.2, 0) is 21.8 Å². The van der Waals surface area contributed by atoms with Crippen LogP contribution in [0.3, 0.4) is 0 Å². The Hall–Kier alpha value is -1.98. The molecule has 0 radical (unpaired) electrons. The number of hydrogen-bond acceptors (Lipinski definition) is 0. The van der Waals surface area contributed by atoms with Gasteiger partial charge >= 0.3 is 170 Å². The summed E-state index contributed by atoms with van der Waals surface area (Å²) in [5, 5.41) is 5.41. The topological polar surface area (TPSA) is 0 Å². The molecule has 1 aliphatic rings. The van der Waals surface area contributed by atoms with E-state index in [0.29, 0.717) is 3.63 Å². The first kappa shape index (κ1) is 17.1. The van der Waals surface area contributed by atoms with Gasteiger partial charge < -0.3 is 0 Å². The quantitative estimate of drug-likeness (QED) is 0.290. The Labute approximate surface area is 169 Å². The van der Waals surface area contributed by atoms with Crippen LogP contribution in [0.15, 0.2) is 84.4 Å². The van der Waals surface area contributed by atoms with Crippen LogP contribution in [0.4, 0.5) is 0 Å². The summed E-state index contributed by atoms with van der Waals surface area (Å²) in [4.78, 5) is 0. The number of benzene rings is 4. The first-order valence-corrected chi connectivity index (χ1v) is 16.0. The number of fused-ring (bicyclic) bond motifs is 4. The van der Waals surface area contributed by atoms with Gasteiger partial charge in [-0.25, -0.2) is 0 Å². The molecule has 0 spiro atoms. The minimum absolute atomic E-state index is 0.698. The summed E-state index contributed by atoms with van der Waals surface area (Å²) in [6, 6.07) is 29.2. The van der Waals surface area contributed by atoms with Gasteiger partial charge in [-0.15, -0.1) is 0 Å². The van der Waals surface area contributed by atoms with Crippen LogP contribution in [-0.4, -0.2) is 0 Å². The van der Waals surface area contributed by atoms with Gasteiger partial charge in [0.15, 0.2) is 0 Å². The van der Waals surface area contributed by atoms with E-state index in [9.17, 15) is 0 Å². The van der Waals surface area contributed by atoms with Crippen LogP contribution in [0.5, 0.6) is 0 Å². The summed E-state index contributed by atoms with van der Waals surface area (Å²) in [5.74, 6) is 0. The van der Waals surface area contributed by atoms with Crippen molar-refractivity contribution in [1.82, 2.24) is 0 Å². The Kier molecular flexibility index (Phi) is 4.17. The predicted molar refractivity (Wildman–Crippen MR) is 114 cm³/mol. The van der Waals surface area contributed by atoms with Crippen LogP contribution >= 0.6 is 0 Å². The van der Waals surface area contributed by atoms with E-state index >= 15 is 0 Å². The molecule has 0 saturated carbocycles. The van der Waals surface area contributed by atoms with Crippen molar-refractivity contribution < 1.29 is 21.8 Å². The molecule has 0 fully saturated rings. The number of hydrogen-bond donors (Lipinski definition) is 0. The molecule has 0 saturated heterocycles. The maximum absolute atomic E-state index is 2.54. The second kappa shape index (κ2) is 6.57. The summed E-state index contributed by atoms with van der Waals surface area (Å²) in [6.45, 7) is 2.39. The summed E-state index contributed by atoms with van der Waals surface area (Å²) in [7, 11) is 0. The van der Waals surface area contributed by atoms with E-state index in [0.717, 1.165) is 0 Å². The first-order chi connectivity index (χ1) is 13.2. The van der Waals surface area contributed by atoms with E-state index in [1.54, 1.807) is 11.1 Å². The van der Waals surface area contributed by atoms with Crippen molar-refractivity contribution in [3.05, 3.63) is 101 Å². The standard InChI is InChI=1S/C24H17.2CH3.Zr/c1-16-15-19-8-3-5-11-21(19)23(16)22-12-6-9-18-14-13-17-7-2-4-10-20(17)24(18)22;;;/h2-15H,1H3;2*1H3;. The predicted octanol–water partition coefficient (Wildman–Crippen LogP) is 7.58. The fourth-order valence-electron chi connectivity index (χ4n) is 4.94.